The molecule has 0 radical (unpaired) electrons. The lowest BCUT2D eigenvalue weighted by atomic mass is 9.93. The Hall–Kier alpha value is -2.97. The molecular formula is C17H10F6O3. The van der Waals surface area contributed by atoms with Gasteiger partial charge >= 0.3 is 18.5 Å². The van der Waals surface area contributed by atoms with Gasteiger partial charge in [-0.3, -0.25) is 0 Å². The van der Waals surface area contributed by atoms with Crippen molar-refractivity contribution in [2.24, 2.45) is 0 Å². The maximum atomic E-state index is 13.3. The number of carboxylic acids is 1. The molecule has 0 bridgehead atoms. The van der Waals surface area contributed by atoms with E-state index in [2.05, 4.69) is 4.74 Å². The van der Waals surface area contributed by atoms with Crippen molar-refractivity contribution in [2.45, 2.75) is 12.5 Å². The zero-order chi connectivity index (χ0) is 19.5. The van der Waals surface area contributed by atoms with Crippen LogP contribution in [0.5, 0.6) is 5.75 Å². The van der Waals surface area contributed by atoms with Crippen LogP contribution in [0.1, 0.15) is 11.1 Å². The Balaban J connectivity index is 2.57. The predicted octanol–water partition coefficient (Wildman–Crippen LogP) is 5.37. The van der Waals surface area contributed by atoms with Crippen molar-refractivity contribution in [1.82, 2.24) is 0 Å². The van der Waals surface area contributed by atoms with Crippen molar-refractivity contribution >= 4 is 12.0 Å². The van der Waals surface area contributed by atoms with E-state index in [0.29, 0.717) is 6.08 Å². The maximum absolute atomic E-state index is 13.3. The Morgan fingerprint density at radius 1 is 0.962 bits per heavy atom. The third-order valence-electron chi connectivity index (χ3n) is 3.18. The molecule has 0 aromatic heterocycles. The van der Waals surface area contributed by atoms with Gasteiger partial charge in [0, 0.05) is 11.6 Å². The first-order chi connectivity index (χ1) is 12.0. The molecule has 0 atom stereocenters. The highest BCUT2D eigenvalue weighted by Gasteiger charge is 2.34. The molecule has 0 amide bonds. The van der Waals surface area contributed by atoms with Crippen LogP contribution in [0.2, 0.25) is 0 Å². The number of benzene rings is 2. The minimum absolute atomic E-state index is 0.0440. The molecule has 2 aromatic carbocycles. The minimum atomic E-state index is -4.93. The van der Waals surface area contributed by atoms with E-state index in [1.807, 2.05) is 0 Å². The van der Waals surface area contributed by atoms with Crippen molar-refractivity contribution in [3.05, 3.63) is 59.7 Å². The Morgan fingerprint density at radius 3 is 2.08 bits per heavy atom. The van der Waals surface area contributed by atoms with Crippen LogP contribution in [-0.4, -0.2) is 17.4 Å². The van der Waals surface area contributed by atoms with Crippen molar-refractivity contribution in [3.63, 3.8) is 0 Å². The molecule has 0 spiro atoms. The van der Waals surface area contributed by atoms with Crippen molar-refractivity contribution in [1.29, 1.82) is 0 Å². The lowest BCUT2D eigenvalue weighted by molar-refractivity contribution is -0.274. The molecule has 0 aliphatic heterocycles. The fraction of sp³-hybridized carbons (Fsp3) is 0.118. The van der Waals surface area contributed by atoms with E-state index in [9.17, 15) is 31.1 Å². The summed E-state index contributed by atoms with van der Waals surface area (Å²) in [5.41, 5.74) is -1.49. The van der Waals surface area contributed by atoms with Crippen LogP contribution >= 0.6 is 0 Å². The highest BCUT2D eigenvalue weighted by Crippen LogP contribution is 2.40. The van der Waals surface area contributed by atoms with Crippen molar-refractivity contribution in [3.8, 4) is 16.9 Å². The fourth-order valence-corrected chi connectivity index (χ4v) is 2.25. The lowest BCUT2D eigenvalue weighted by Crippen LogP contribution is -2.17. The number of carboxylic acid groups (broad SMARTS) is 1. The number of halogens is 6. The van der Waals surface area contributed by atoms with Gasteiger partial charge in [-0.1, -0.05) is 24.3 Å². The molecule has 0 saturated heterocycles. The van der Waals surface area contributed by atoms with Gasteiger partial charge in [-0.2, -0.15) is 13.2 Å². The lowest BCUT2D eigenvalue weighted by Gasteiger charge is -2.16. The molecule has 0 unspecified atom stereocenters. The normalized spacial score (nSPS) is 12.4. The van der Waals surface area contributed by atoms with Crippen LogP contribution in [0, 0.1) is 0 Å². The van der Waals surface area contributed by atoms with E-state index >= 15 is 0 Å². The highest BCUT2D eigenvalue weighted by atomic mass is 19.4. The van der Waals surface area contributed by atoms with E-state index in [-0.39, 0.29) is 16.7 Å². The Morgan fingerprint density at radius 2 is 1.58 bits per heavy atom. The van der Waals surface area contributed by atoms with Gasteiger partial charge < -0.3 is 9.84 Å². The van der Waals surface area contributed by atoms with E-state index in [1.54, 1.807) is 0 Å². The molecule has 0 aliphatic rings. The first-order valence-electron chi connectivity index (χ1n) is 6.95. The van der Waals surface area contributed by atoms with Crippen molar-refractivity contribution in [2.75, 3.05) is 0 Å². The summed E-state index contributed by atoms with van der Waals surface area (Å²) in [4.78, 5) is 10.6. The number of hydrogen-bond acceptors (Lipinski definition) is 2. The minimum Gasteiger partial charge on any atom is -0.478 e. The summed E-state index contributed by atoms with van der Waals surface area (Å²) in [5.74, 6) is -1.95. The number of rotatable bonds is 4. The number of aliphatic carboxylic acids is 1. The van der Waals surface area contributed by atoms with E-state index < -0.39 is 29.8 Å². The van der Waals surface area contributed by atoms with Crippen LogP contribution in [0.4, 0.5) is 26.3 Å². The smallest absolute Gasteiger partial charge is 0.478 e. The summed E-state index contributed by atoms with van der Waals surface area (Å²) in [6.45, 7) is 0. The van der Waals surface area contributed by atoms with Gasteiger partial charge in [0.15, 0.2) is 0 Å². The molecule has 0 aliphatic carbocycles. The Labute approximate surface area is 143 Å². The molecular weight excluding hydrogens is 366 g/mol. The van der Waals surface area contributed by atoms with Gasteiger partial charge in [0.2, 0.25) is 0 Å². The van der Waals surface area contributed by atoms with Gasteiger partial charge in [-0.25, -0.2) is 4.79 Å². The third kappa shape index (κ3) is 5.01. The van der Waals surface area contributed by atoms with E-state index in [4.69, 9.17) is 5.11 Å². The molecule has 0 saturated carbocycles. The standard InChI is InChI=1S/C17H10F6O3/c18-16(19,20)13-3-1-2-10(6-9-14(24)25)15(13)11-4-7-12(8-5-11)26-17(21,22)23/h1-9H,(H,24,25)/b9-6+. The summed E-state index contributed by atoms with van der Waals surface area (Å²) >= 11 is 0. The van der Waals surface area contributed by atoms with Gasteiger partial charge in [0.05, 0.1) is 5.56 Å². The van der Waals surface area contributed by atoms with Crippen LogP contribution in [-0.2, 0) is 11.0 Å². The molecule has 0 heterocycles. The van der Waals surface area contributed by atoms with Gasteiger partial charge in [-0.15, -0.1) is 13.2 Å². The maximum Gasteiger partial charge on any atom is 0.573 e. The summed E-state index contributed by atoms with van der Waals surface area (Å²) < 4.78 is 80.2. The Bertz CT molecular complexity index is 820. The predicted molar refractivity (Wildman–Crippen MR) is 80.2 cm³/mol. The quantitative estimate of drug-likeness (QED) is 0.577. The number of alkyl halides is 6. The van der Waals surface area contributed by atoms with Crippen LogP contribution in [0.15, 0.2) is 48.5 Å². The zero-order valence-corrected chi connectivity index (χ0v) is 12.7. The molecule has 9 heteroatoms. The first kappa shape index (κ1) is 19.4. The molecule has 0 fully saturated rings. The van der Waals surface area contributed by atoms with Crippen molar-refractivity contribution < 1.29 is 41.0 Å². The van der Waals surface area contributed by atoms with E-state index in [1.165, 1.54) is 6.07 Å². The summed E-state index contributed by atoms with van der Waals surface area (Å²) in [7, 11) is 0. The van der Waals surface area contributed by atoms with Gasteiger partial charge in [0.1, 0.15) is 5.75 Å². The Kier molecular flexibility index (Phi) is 5.29. The number of ether oxygens (including phenoxy) is 1. The summed E-state index contributed by atoms with van der Waals surface area (Å²) in [5, 5.41) is 8.68. The molecule has 138 valence electrons. The number of carbonyl (C=O) groups is 1. The molecule has 26 heavy (non-hydrogen) atoms. The summed E-state index contributed by atoms with van der Waals surface area (Å²) in [6.07, 6.45) is -8.03. The molecule has 2 rings (SSSR count). The van der Waals surface area contributed by atoms with Crippen LogP contribution in [0.25, 0.3) is 17.2 Å². The topological polar surface area (TPSA) is 46.5 Å². The fourth-order valence-electron chi connectivity index (χ4n) is 2.25. The SMILES string of the molecule is O=C(O)/C=C/c1cccc(C(F)(F)F)c1-c1ccc(OC(F)(F)F)cc1. The molecule has 2 aromatic rings. The zero-order valence-electron chi connectivity index (χ0n) is 12.7. The second-order valence-electron chi connectivity index (χ2n) is 5.01. The average Bonchev–Trinajstić information content (AvgIpc) is 2.51. The monoisotopic (exact) mass is 376 g/mol. The average molecular weight is 376 g/mol. The van der Waals surface area contributed by atoms with Crippen LogP contribution in [0.3, 0.4) is 0 Å². The highest BCUT2D eigenvalue weighted by molar-refractivity contribution is 5.88. The largest absolute Gasteiger partial charge is 0.573 e. The third-order valence-corrected chi connectivity index (χ3v) is 3.18. The van der Waals surface area contributed by atoms with Crippen LogP contribution < -0.4 is 4.74 Å². The van der Waals surface area contributed by atoms with Gasteiger partial charge in [-0.05, 0) is 35.4 Å². The second-order valence-corrected chi connectivity index (χ2v) is 5.01. The number of hydrogen-bond donors (Lipinski definition) is 1. The second kappa shape index (κ2) is 7.11. The summed E-state index contributed by atoms with van der Waals surface area (Å²) in [6, 6.07) is 6.99. The van der Waals surface area contributed by atoms with E-state index in [0.717, 1.165) is 42.5 Å². The first-order valence-corrected chi connectivity index (χ1v) is 6.95. The van der Waals surface area contributed by atoms with Gasteiger partial charge in [0.25, 0.3) is 0 Å². The molecule has 3 nitrogen and oxygen atoms in total. The molecule has 1 N–H and O–H groups in total.